The predicted molar refractivity (Wildman–Crippen MR) is 88.4 cm³/mol. The molecule has 24 heavy (non-hydrogen) atoms. The van der Waals surface area contributed by atoms with Gasteiger partial charge in [-0.05, 0) is 47.6 Å². The van der Waals surface area contributed by atoms with Gasteiger partial charge in [0, 0.05) is 6.42 Å². The van der Waals surface area contributed by atoms with E-state index in [0.29, 0.717) is 35.2 Å². The van der Waals surface area contributed by atoms with E-state index in [9.17, 15) is 9.59 Å². The van der Waals surface area contributed by atoms with E-state index in [-0.39, 0.29) is 6.10 Å². The molecule has 3 saturated carbocycles. The first kappa shape index (κ1) is 15.7. The molecule has 1 aromatic carbocycles. The van der Waals surface area contributed by atoms with E-state index in [2.05, 4.69) is 20.8 Å². The first-order valence-corrected chi connectivity index (χ1v) is 8.87. The topological polar surface area (TPSA) is 52.6 Å². The molecule has 1 aliphatic heterocycles. The predicted octanol–water partition coefficient (Wildman–Crippen LogP) is 3.38. The van der Waals surface area contributed by atoms with Crippen LogP contribution in [0.5, 0.6) is 0 Å². The van der Waals surface area contributed by atoms with Gasteiger partial charge < -0.3 is 9.47 Å². The minimum absolute atomic E-state index is 0.0508. The number of hydrogen-bond donors (Lipinski definition) is 0. The Morgan fingerprint density at radius 1 is 1.25 bits per heavy atom. The number of fused-ring (bicyclic) bond motifs is 3. The van der Waals surface area contributed by atoms with Crippen molar-refractivity contribution in [3.8, 4) is 0 Å². The van der Waals surface area contributed by atoms with Crippen LogP contribution in [0.25, 0.3) is 0 Å². The minimum atomic E-state index is -0.814. The number of benzene rings is 1. The maximum Gasteiger partial charge on any atom is 0.348 e. The number of carbonyl (C=O) groups is 2. The molecule has 128 valence electrons. The third-order valence-electron chi connectivity index (χ3n) is 6.71. The maximum atomic E-state index is 12.6. The third-order valence-corrected chi connectivity index (χ3v) is 6.71. The number of rotatable bonds is 2. The van der Waals surface area contributed by atoms with Crippen LogP contribution in [-0.2, 0) is 20.7 Å². The second-order valence-electron chi connectivity index (χ2n) is 8.19. The Morgan fingerprint density at radius 2 is 2.00 bits per heavy atom. The van der Waals surface area contributed by atoms with Crippen molar-refractivity contribution in [3.05, 3.63) is 35.4 Å². The van der Waals surface area contributed by atoms with Crippen molar-refractivity contribution in [2.24, 2.45) is 23.2 Å². The normalized spacial score (nSPS) is 36.1. The SMILES string of the molecule is CC1C(OC(=O)C2Cc3ccccc3C(=O)O2)CC2CC1C2(C)C. The number of esters is 2. The Bertz CT molecular complexity index is 693. The van der Waals surface area contributed by atoms with E-state index < -0.39 is 18.0 Å². The average Bonchev–Trinajstić information content (AvgIpc) is 2.56. The molecule has 0 aromatic heterocycles. The fourth-order valence-electron chi connectivity index (χ4n) is 4.95. The van der Waals surface area contributed by atoms with Gasteiger partial charge in [0.1, 0.15) is 6.10 Å². The van der Waals surface area contributed by atoms with Gasteiger partial charge in [-0.1, -0.05) is 39.0 Å². The van der Waals surface area contributed by atoms with Gasteiger partial charge in [-0.2, -0.15) is 0 Å². The van der Waals surface area contributed by atoms with Gasteiger partial charge in [-0.3, -0.25) is 0 Å². The number of carbonyl (C=O) groups excluding carboxylic acids is 2. The molecule has 0 radical (unpaired) electrons. The summed E-state index contributed by atoms with van der Waals surface area (Å²) < 4.78 is 11.1. The number of cyclic esters (lactones) is 1. The Hall–Kier alpha value is -1.84. The lowest BCUT2D eigenvalue weighted by Crippen LogP contribution is -2.58. The van der Waals surface area contributed by atoms with Crippen LogP contribution in [0.3, 0.4) is 0 Å². The summed E-state index contributed by atoms with van der Waals surface area (Å²) in [6.07, 6.45) is 1.71. The van der Waals surface area contributed by atoms with E-state index in [1.165, 1.54) is 6.42 Å². The van der Waals surface area contributed by atoms with Crippen molar-refractivity contribution < 1.29 is 19.1 Å². The zero-order valence-corrected chi connectivity index (χ0v) is 14.5. The Balaban J connectivity index is 1.44. The smallest absolute Gasteiger partial charge is 0.348 e. The second-order valence-corrected chi connectivity index (χ2v) is 8.19. The van der Waals surface area contributed by atoms with Crippen LogP contribution in [0.1, 0.15) is 49.5 Å². The summed E-state index contributed by atoms with van der Waals surface area (Å²) in [4.78, 5) is 24.6. The van der Waals surface area contributed by atoms with Crippen molar-refractivity contribution in [1.82, 2.24) is 0 Å². The molecule has 3 fully saturated rings. The molecule has 1 heterocycles. The van der Waals surface area contributed by atoms with Crippen LogP contribution in [0, 0.1) is 23.2 Å². The number of hydrogen-bond acceptors (Lipinski definition) is 4. The molecular weight excluding hydrogens is 304 g/mol. The van der Waals surface area contributed by atoms with Gasteiger partial charge in [0.25, 0.3) is 0 Å². The molecule has 4 nitrogen and oxygen atoms in total. The molecule has 2 bridgehead atoms. The average molecular weight is 328 g/mol. The molecule has 5 rings (SSSR count). The fraction of sp³-hybridized carbons (Fsp3) is 0.600. The highest BCUT2D eigenvalue weighted by Gasteiger charge is 2.57. The highest BCUT2D eigenvalue weighted by Crippen LogP contribution is 2.61. The van der Waals surface area contributed by atoms with E-state index >= 15 is 0 Å². The molecule has 5 unspecified atom stereocenters. The first-order valence-electron chi connectivity index (χ1n) is 8.87. The summed E-state index contributed by atoms with van der Waals surface area (Å²) in [5.41, 5.74) is 1.77. The summed E-state index contributed by atoms with van der Waals surface area (Å²) in [6, 6.07) is 7.28. The molecular formula is C20H24O4. The molecule has 0 saturated heterocycles. The van der Waals surface area contributed by atoms with E-state index in [1.807, 2.05) is 12.1 Å². The van der Waals surface area contributed by atoms with Crippen LogP contribution in [0.15, 0.2) is 24.3 Å². The Labute approximate surface area is 142 Å². The van der Waals surface area contributed by atoms with Crippen LogP contribution in [0.4, 0.5) is 0 Å². The largest absolute Gasteiger partial charge is 0.459 e. The summed E-state index contributed by atoms with van der Waals surface area (Å²) in [5, 5.41) is 0. The lowest BCUT2D eigenvalue weighted by atomic mass is 9.45. The van der Waals surface area contributed by atoms with Gasteiger partial charge in [-0.25, -0.2) is 9.59 Å². The molecule has 0 spiro atoms. The van der Waals surface area contributed by atoms with Crippen molar-refractivity contribution in [2.45, 2.75) is 52.2 Å². The van der Waals surface area contributed by atoms with Crippen LogP contribution in [-0.4, -0.2) is 24.1 Å². The van der Waals surface area contributed by atoms with Crippen LogP contribution >= 0.6 is 0 Å². The summed E-state index contributed by atoms with van der Waals surface area (Å²) >= 11 is 0. The maximum absolute atomic E-state index is 12.6. The molecule has 0 amide bonds. The number of ether oxygens (including phenoxy) is 2. The molecule has 0 N–H and O–H groups in total. The van der Waals surface area contributed by atoms with E-state index in [4.69, 9.17) is 9.47 Å². The Kier molecular flexibility index (Phi) is 3.48. The molecule has 4 heteroatoms. The minimum Gasteiger partial charge on any atom is -0.459 e. The van der Waals surface area contributed by atoms with Gasteiger partial charge >= 0.3 is 11.9 Å². The fourth-order valence-corrected chi connectivity index (χ4v) is 4.95. The van der Waals surface area contributed by atoms with Gasteiger partial charge in [0.2, 0.25) is 6.10 Å². The van der Waals surface area contributed by atoms with Crippen LogP contribution in [0.2, 0.25) is 0 Å². The Morgan fingerprint density at radius 3 is 2.71 bits per heavy atom. The standard InChI is InChI=1S/C20H24O4/c1-11-15-9-13(20(15,2)3)10-16(11)23-19(22)17-8-12-6-4-5-7-14(12)18(21)24-17/h4-7,11,13,15-17H,8-10H2,1-3H3. The van der Waals surface area contributed by atoms with Crippen LogP contribution < -0.4 is 0 Å². The first-order chi connectivity index (χ1) is 11.4. The van der Waals surface area contributed by atoms with Gasteiger partial charge in [-0.15, -0.1) is 0 Å². The van der Waals surface area contributed by atoms with Crippen molar-refractivity contribution >= 4 is 11.9 Å². The van der Waals surface area contributed by atoms with Crippen molar-refractivity contribution in [1.29, 1.82) is 0 Å². The molecule has 3 aliphatic carbocycles. The summed E-state index contributed by atoms with van der Waals surface area (Å²) in [5.74, 6) is 0.781. The van der Waals surface area contributed by atoms with E-state index in [0.717, 1.165) is 12.0 Å². The molecule has 4 aliphatic rings. The molecule has 5 atom stereocenters. The van der Waals surface area contributed by atoms with Gasteiger partial charge in [0.05, 0.1) is 5.56 Å². The zero-order valence-electron chi connectivity index (χ0n) is 14.5. The van der Waals surface area contributed by atoms with E-state index in [1.54, 1.807) is 12.1 Å². The zero-order chi connectivity index (χ0) is 17.1. The monoisotopic (exact) mass is 328 g/mol. The summed E-state index contributed by atoms with van der Waals surface area (Å²) in [7, 11) is 0. The highest BCUT2D eigenvalue weighted by atomic mass is 16.6. The third kappa shape index (κ3) is 2.27. The quantitative estimate of drug-likeness (QED) is 0.781. The lowest BCUT2D eigenvalue weighted by Gasteiger charge is -2.61. The second kappa shape index (κ2) is 5.33. The lowest BCUT2D eigenvalue weighted by molar-refractivity contribution is -0.192. The molecule has 1 aromatic rings. The summed E-state index contributed by atoms with van der Waals surface area (Å²) in [6.45, 7) is 6.82. The van der Waals surface area contributed by atoms with Crippen molar-refractivity contribution in [2.75, 3.05) is 0 Å². The highest BCUT2D eigenvalue weighted by molar-refractivity contribution is 5.94. The van der Waals surface area contributed by atoms with Crippen molar-refractivity contribution in [3.63, 3.8) is 0 Å². The van der Waals surface area contributed by atoms with Gasteiger partial charge in [0.15, 0.2) is 0 Å².